The van der Waals surface area contributed by atoms with E-state index in [1.165, 1.54) is 13.2 Å². The molecular formula is C38H33F3N2O3. The zero-order valence-corrected chi connectivity index (χ0v) is 25.7. The number of halogens is 3. The topological polar surface area (TPSA) is 42.0 Å². The molecule has 234 valence electrons. The number of carbonyl (C=O) groups excluding carboxylic acids is 1. The summed E-state index contributed by atoms with van der Waals surface area (Å²) in [6.45, 7) is 5.85. The summed E-state index contributed by atoms with van der Waals surface area (Å²) in [6.07, 6.45) is -4.50. The summed E-state index contributed by atoms with van der Waals surface area (Å²) in [7, 11) is 1.35. The molecule has 0 N–H and O–H groups in total. The number of esters is 1. The van der Waals surface area contributed by atoms with Crippen LogP contribution < -0.4 is 14.5 Å². The molecule has 0 saturated carbocycles. The van der Waals surface area contributed by atoms with Gasteiger partial charge < -0.3 is 19.3 Å². The van der Waals surface area contributed by atoms with Crippen molar-refractivity contribution < 1.29 is 27.4 Å². The maximum absolute atomic E-state index is 13.8. The first-order chi connectivity index (χ1) is 22.2. The molecule has 6 rings (SSSR count). The minimum Gasteiger partial charge on any atom is -0.465 e. The first kappa shape index (κ1) is 30.8. The Hall–Kier alpha value is -5.24. The van der Waals surface area contributed by atoms with Gasteiger partial charge in [0, 0.05) is 59.0 Å². The van der Waals surface area contributed by atoms with Crippen molar-refractivity contribution in [2.24, 2.45) is 0 Å². The molecule has 5 nitrogen and oxygen atoms in total. The van der Waals surface area contributed by atoms with Crippen molar-refractivity contribution in [3.05, 3.63) is 143 Å². The van der Waals surface area contributed by atoms with Crippen LogP contribution in [-0.4, -0.2) is 26.2 Å². The molecule has 1 unspecified atom stereocenters. The number of rotatable bonds is 8. The maximum atomic E-state index is 13.8. The lowest BCUT2D eigenvalue weighted by atomic mass is 9.80. The van der Waals surface area contributed by atoms with E-state index in [1.54, 1.807) is 23.1 Å². The monoisotopic (exact) mass is 622 g/mol. The maximum Gasteiger partial charge on any atom is 0.416 e. The van der Waals surface area contributed by atoms with Crippen molar-refractivity contribution >= 4 is 28.7 Å². The molecule has 5 aromatic carbocycles. The Balaban J connectivity index is 1.57. The Bertz CT molecular complexity index is 1870. The SMILES string of the molecule is CCN(CC)c1ccc2c(c1)Oc1ccc(N(c3ccccc3)c3cccc(C(F)(F)F)c3)cc1C2c1ccccc1C(=O)OC. The fourth-order valence-electron chi connectivity index (χ4n) is 6.14. The summed E-state index contributed by atoms with van der Waals surface area (Å²) in [6, 6.07) is 33.6. The number of hydrogen-bond donors (Lipinski definition) is 0. The lowest BCUT2D eigenvalue weighted by Crippen LogP contribution is -2.22. The third-order valence-electron chi connectivity index (χ3n) is 8.34. The van der Waals surface area contributed by atoms with Gasteiger partial charge in [-0.1, -0.05) is 48.5 Å². The van der Waals surface area contributed by atoms with Crippen molar-refractivity contribution in [2.45, 2.75) is 25.9 Å². The van der Waals surface area contributed by atoms with E-state index in [1.807, 2.05) is 72.8 Å². The number of anilines is 4. The second-order valence-electron chi connectivity index (χ2n) is 10.9. The number of nitrogens with zero attached hydrogens (tertiary/aromatic N) is 2. The number of hydrogen-bond acceptors (Lipinski definition) is 5. The molecule has 0 radical (unpaired) electrons. The second-order valence-corrected chi connectivity index (χ2v) is 10.9. The van der Waals surface area contributed by atoms with Crippen LogP contribution >= 0.6 is 0 Å². The number of alkyl halides is 3. The highest BCUT2D eigenvalue weighted by Crippen LogP contribution is 2.51. The smallest absolute Gasteiger partial charge is 0.416 e. The van der Waals surface area contributed by atoms with E-state index in [2.05, 4.69) is 24.8 Å². The summed E-state index contributed by atoms with van der Waals surface area (Å²) in [5, 5.41) is 0. The number of methoxy groups -OCH3 is 1. The van der Waals surface area contributed by atoms with Gasteiger partial charge in [0.2, 0.25) is 0 Å². The Labute approximate surface area is 266 Å². The number of fused-ring (bicyclic) bond motifs is 2. The highest BCUT2D eigenvalue weighted by atomic mass is 19.4. The van der Waals surface area contributed by atoms with Crippen LogP contribution in [0, 0.1) is 0 Å². The van der Waals surface area contributed by atoms with Gasteiger partial charge in [-0.25, -0.2) is 4.79 Å². The summed E-state index contributed by atoms with van der Waals surface area (Å²) < 4.78 is 53.2. The van der Waals surface area contributed by atoms with Gasteiger partial charge in [-0.2, -0.15) is 13.2 Å². The molecule has 1 heterocycles. The summed E-state index contributed by atoms with van der Waals surface area (Å²) in [5.41, 5.74) is 4.74. The first-order valence-electron chi connectivity index (χ1n) is 15.1. The van der Waals surface area contributed by atoms with E-state index in [4.69, 9.17) is 9.47 Å². The molecular weight excluding hydrogens is 589 g/mol. The number of ether oxygens (including phenoxy) is 2. The number of carbonyl (C=O) groups is 1. The van der Waals surface area contributed by atoms with Gasteiger partial charge in [0.1, 0.15) is 11.5 Å². The van der Waals surface area contributed by atoms with Crippen LogP contribution in [0.4, 0.5) is 35.9 Å². The average molecular weight is 623 g/mol. The quantitative estimate of drug-likeness (QED) is 0.158. The molecule has 0 saturated heterocycles. The molecule has 1 atom stereocenters. The van der Waals surface area contributed by atoms with Gasteiger partial charge in [-0.05, 0) is 80.1 Å². The number of para-hydroxylation sites is 1. The van der Waals surface area contributed by atoms with E-state index < -0.39 is 23.6 Å². The Morgan fingerprint density at radius 3 is 2.09 bits per heavy atom. The largest absolute Gasteiger partial charge is 0.465 e. The van der Waals surface area contributed by atoms with Gasteiger partial charge >= 0.3 is 12.1 Å². The Morgan fingerprint density at radius 2 is 1.37 bits per heavy atom. The van der Waals surface area contributed by atoms with E-state index in [-0.39, 0.29) is 0 Å². The minimum atomic E-state index is -4.50. The molecule has 0 aliphatic carbocycles. The molecule has 0 fully saturated rings. The second kappa shape index (κ2) is 12.6. The lowest BCUT2D eigenvalue weighted by Gasteiger charge is -2.33. The fourth-order valence-corrected chi connectivity index (χ4v) is 6.14. The van der Waals surface area contributed by atoms with Crippen molar-refractivity contribution in [1.82, 2.24) is 0 Å². The molecule has 5 aromatic rings. The molecule has 46 heavy (non-hydrogen) atoms. The standard InChI is InChI=1S/C38H33F3N2O3/c1-4-42(5-2)27-18-20-32-35(24-27)46-34-21-19-29(23-33(34)36(32)30-16-9-10-17-31(30)37(44)45-3)43(26-13-7-6-8-14-26)28-15-11-12-25(22-28)38(39,40)41/h6-24,36H,4-5H2,1-3H3. The summed E-state index contributed by atoms with van der Waals surface area (Å²) in [4.78, 5) is 17.0. The average Bonchev–Trinajstić information content (AvgIpc) is 3.08. The van der Waals surface area contributed by atoms with Gasteiger partial charge in [0.05, 0.1) is 18.2 Å². The van der Waals surface area contributed by atoms with Crippen LogP contribution in [-0.2, 0) is 10.9 Å². The van der Waals surface area contributed by atoms with Gasteiger partial charge in [-0.15, -0.1) is 0 Å². The number of benzene rings is 5. The van der Waals surface area contributed by atoms with Crippen LogP contribution in [0.1, 0.15) is 52.4 Å². The predicted molar refractivity (Wildman–Crippen MR) is 175 cm³/mol. The predicted octanol–water partition coefficient (Wildman–Crippen LogP) is 10.1. The van der Waals surface area contributed by atoms with E-state index in [9.17, 15) is 18.0 Å². The Morgan fingerprint density at radius 1 is 0.696 bits per heavy atom. The zero-order chi connectivity index (χ0) is 32.4. The van der Waals surface area contributed by atoms with Crippen molar-refractivity contribution in [3.63, 3.8) is 0 Å². The fraction of sp³-hybridized carbons (Fsp3) is 0.184. The highest BCUT2D eigenvalue weighted by Gasteiger charge is 2.34. The van der Waals surface area contributed by atoms with Crippen LogP contribution in [0.5, 0.6) is 11.5 Å². The van der Waals surface area contributed by atoms with E-state index >= 15 is 0 Å². The molecule has 1 aliphatic rings. The third-order valence-corrected chi connectivity index (χ3v) is 8.34. The third kappa shape index (κ3) is 5.78. The summed E-state index contributed by atoms with van der Waals surface area (Å²) >= 11 is 0. The molecule has 0 bridgehead atoms. The normalized spacial score (nSPS) is 13.7. The Kier molecular flexibility index (Phi) is 8.45. The van der Waals surface area contributed by atoms with E-state index in [0.717, 1.165) is 47.6 Å². The van der Waals surface area contributed by atoms with Crippen LogP contribution in [0.15, 0.2) is 115 Å². The van der Waals surface area contributed by atoms with Crippen LogP contribution in [0.3, 0.4) is 0 Å². The summed E-state index contributed by atoms with van der Waals surface area (Å²) in [5.74, 6) is 0.372. The zero-order valence-electron chi connectivity index (χ0n) is 25.7. The molecule has 0 aromatic heterocycles. The molecule has 0 amide bonds. The van der Waals surface area contributed by atoms with Crippen LogP contribution in [0.25, 0.3) is 0 Å². The van der Waals surface area contributed by atoms with Gasteiger partial charge in [0.25, 0.3) is 0 Å². The van der Waals surface area contributed by atoms with Crippen molar-refractivity contribution in [1.29, 1.82) is 0 Å². The molecule has 1 aliphatic heterocycles. The highest BCUT2D eigenvalue weighted by molar-refractivity contribution is 5.92. The van der Waals surface area contributed by atoms with Gasteiger partial charge in [0.15, 0.2) is 0 Å². The molecule has 8 heteroatoms. The molecule has 0 spiro atoms. The van der Waals surface area contributed by atoms with Crippen molar-refractivity contribution in [2.75, 3.05) is 30.0 Å². The first-order valence-corrected chi connectivity index (χ1v) is 15.1. The van der Waals surface area contributed by atoms with Crippen LogP contribution in [0.2, 0.25) is 0 Å². The minimum absolute atomic E-state index is 0.355. The van der Waals surface area contributed by atoms with Crippen molar-refractivity contribution in [3.8, 4) is 11.5 Å². The van der Waals surface area contributed by atoms with Gasteiger partial charge in [-0.3, -0.25) is 0 Å². The lowest BCUT2D eigenvalue weighted by molar-refractivity contribution is -0.137. The van der Waals surface area contributed by atoms with E-state index in [0.29, 0.717) is 34.1 Å².